The zero-order valence-electron chi connectivity index (χ0n) is 19.6. The van der Waals surface area contributed by atoms with Gasteiger partial charge in [-0.1, -0.05) is 18.2 Å². The van der Waals surface area contributed by atoms with Crippen molar-refractivity contribution in [2.24, 2.45) is 0 Å². The Bertz CT molecular complexity index is 1460. The van der Waals surface area contributed by atoms with Crippen molar-refractivity contribution in [2.45, 2.75) is 6.61 Å². The first-order chi connectivity index (χ1) is 17.2. The fourth-order valence-electron chi connectivity index (χ4n) is 3.61. The van der Waals surface area contributed by atoms with Crippen molar-refractivity contribution in [3.8, 4) is 56.8 Å². The minimum absolute atomic E-state index is 0.0814. The molecule has 0 aliphatic heterocycles. The molecule has 0 bridgehead atoms. The highest BCUT2D eigenvalue weighted by molar-refractivity contribution is 7.86. The van der Waals surface area contributed by atoms with Crippen LogP contribution in [0.4, 0.5) is 0 Å². The van der Waals surface area contributed by atoms with Crippen LogP contribution in [-0.2, 0) is 16.7 Å². The number of aromatic nitrogens is 1. The number of benzene rings is 3. The summed E-state index contributed by atoms with van der Waals surface area (Å²) in [4.78, 5) is 3.81. The number of hydrogen-bond donors (Lipinski definition) is 2. The van der Waals surface area contributed by atoms with Crippen molar-refractivity contribution in [1.82, 2.24) is 4.98 Å². The van der Waals surface area contributed by atoms with Gasteiger partial charge in [0.15, 0.2) is 35.2 Å². The van der Waals surface area contributed by atoms with Crippen molar-refractivity contribution in [1.29, 1.82) is 0 Å². The third-order valence-electron chi connectivity index (χ3n) is 5.16. The van der Waals surface area contributed by atoms with E-state index in [9.17, 15) is 18.6 Å². The molecule has 0 aliphatic carbocycles. The maximum Gasteiger partial charge on any atom is 0.306 e. The van der Waals surface area contributed by atoms with Gasteiger partial charge >= 0.3 is 10.1 Å². The van der Waals surface area contributed by atoms with Gasteiger partial charge in [0, 0.05) is 5.56 Å². The van der Waals surface area contributed by atoms with E-state index in [1.54, 1.807) is 30.3 Å². The third kappa shape index (κ3) is 5.31. The van der Waals surface area contributed by atoms with E-state index >= 15 is 0 Å². The van der Waals surface area contributed by atoms with E-state index in [0.717, 1.165) is 6.26 Å². The Balaban J connectivity index is 1.70. The van der Waals surface area contributed by atoms with Crippen molar-refractivity contribution in [3.05, 3.63) is 66.9 Å². The zero-order chi connectivity index (χ0) is 25.9. The van der Waals surface area contributed by atoms with Gasteiger partial charge in [-0.3, -0.25) is 0 Å². The molecule has 0 unspecified atom stereocenters. The Hall–Kier alpha value is -4.38. The summed E-state index contributed by atoms with van der Waals surface area (Å²) in [6.45, 7) is 0.0814. The smallest absolute Gasteiger partial charge is 0.306 e. The highest BCUT2D eigenvalue weighted by Gasteiger charge is 2.23. The summed E-state index contributed by atoms with van der Waals surface area (Å²) in [6.07, 6.45) is 3.75. The summed E-state index contributed by atoms with van der Waals surface area (Å²) < 4.78 is 49.4. The number of oxazole rings is 1. The number of ether oxygens (including phenoxy) is 3. The summed E-state index contributed by atoms with van der Waals surface area (Å²) in [5.41, 5.74) is 1.87. The van der Waals surface area contributed by atoms with Crippen LogP contribution >= 0.6 is 0 Å². The molecule has 188 valence electrons. The van der Waals surface area contributed by atoms with Gasteiger partial charge in [0.2, 0.25) is 0 Å². The molecule has 2 N–H and O–H groups in total. The van der Waals surface area contributed by atoms with Crippen molar-refractivity contribution in [3.63, 3.8) is 0 Å². The Morgan fingerprint density at radius 1 is 0.944 bits per heavy atom. The highest BCUT2D eigenvalue weighted by atomic mass is 32.2. The molecule has 0 fully saturated rings. The molecule has 3 aromatic carbocycles. The summed E-state index contributed by atoms with van der Waals surface area (Å²) in [5.74, 6) is 0.968. The van der Waals surface area contributed by atoms with E-state index in [1.807, 2.05) is 0 Å². The van der Waals surface area contributed by atoms with E-state index in [1.165, 1.54) is 45.0 Å². The molecule has 0 atom stereocenters. The van der Waals surface area contributed by atoms with Crippen LogP contribution in [-0.4, -0.2) is 44.1 Å². The average Bonchev–Trinajstić information content (AvgIpc) is 3.36. The maximum atomic E-state index is 11.4. The molecule has 0 radical (unpaired) electrons. The predicted molar refractivity (Wildman–Crippen MR) is 130 cm³/mol. The topological polar surface area (TPSA) is 138 Å². The molecular formula is C25H23NO9S. The van der Waals surface area contributed by atoms with Gasteiger partial charge in [0.05, 0.1) is 32.2 Å². The lowest BCUT2D eigenvalue weighted by molar-refractivity contribution is 0.258. The first kappa shape index (κ1) is 24.7. The largest absolute Gasteiger partial charge is 0.504 e. The van der Waals surface area contributed by atoms with Gasteiger partial charge in [0.1, 0.15) is 18.1 Å². The van der Waals surface area contributed by atoms with Gasteiger partial charge in [-0.05, 0) is 41.5 Å². The van der Waals surface area contributed by atoms with E-state index in [0.29, 0.717) is 33.8 Å². The molecule has 4 rings (SSSR count). The molecular weight excluding hydrogens is 490 g/mol. The highest BCUT2D eigenvalue weighted by Crippen LogP contribution is 2.50. The SMILES string of the molecule is COc1cc(-c2ccc(OS(C)(=O)=O)cc2)c(OC)c(O)c1-c1ccc(OCc2cnco2)c(O)c1. The van der Waals surface area contributed by atoms with Crippen LogP contribution in [0.25, 0.3) is 22.3 Å². The summed E-state index contributed by atoms with van der Waals surface area (Å²) in [5, 5.41) is 21.7. The number of phenols is 2. The van der Waals surface area contributed by atoms with Crippen molar-refractivity contribution < 1.29 is 41.4 Å². The van der Waals surface area contributed by atoms with Crippen LogP contribution < -0.4 is 18.4 Å². The Kier molecular flexibility index (Phi) is 6.93. The van der Waals surface area contributed by atoms with Crippen LogP contribution in [0.3, 0.4) is 0 Å². The Labute approximate surface area is 207 Å². The van der Waals surface area contributed by atoms with Crippen LogP contribution in [0.5, 0.6) is 34.5 Å². The molecule has 1 heterocycles. The van der Waals surface area contributed by atoms with Crippen molar-refractivity contribution >= 4 is 10.1 Å². The molecule has 1 aromatic heterocycles. The predicted octanol–water partition coefficient (Wildman–Crippen LogP) is 4.35. The Morgan fingerprint density at radius 3 is 2.25 bits per heavy atom. The normalized spacial score (nSPS) is 11.2. The lowest BCUT2D eigenvalue weighted by Crippen LogP contribution is -2.05. The van der Waals surface area contributed by atoms with E-state index in [-0.39, 0.29) is 35.4 Å². The standard InChI is InChI=1S/C25H23NO9S/c1-31-22-11-19(15-4-7-17(8-5-15)35-36(3,29)30)25(32-2)24(28)23(22)16-6-9-21(20(27)10-16)33-13-18-12-26-14-34-18/h4-12,14,27-28H,13H2,1-3H3. The summed E-state index contributed by atoms with van der Waals surface area (Å²) >= 11 is 0. The average molecular weight is 514 g/mol. The van der Waals surface area contributed by atoms with Gasteiger partial charge in [-0.2, -0.15) is 8.42 Å². The molecule has 0 aliphatic rings. The maximum absolute atomic E-state index is 11.4. The van der Waals surface area contributed by atoms with Crippen LogP contribution in [0, 0.1) is 0 Å². The second-order valence-corrected chi connectivity index (χ2v) is 9.21. The molecule has 0 saturated carbocycles. The van der Waals surface area contributed by atoms with Gasteiger partial charge in [-0.15, -0.1) is 0 Å². The molecule has 10 nitrogen and oxygen atoms in total. The molecule has 0 amide bonds. The fourth-order valence-corrected chi connectivity index (χ4v) is 4.07. The number of phenolic OH excluding ortho intramolecular Hbond substituents is 2. The minimum atomic E-state index is -3.66. The summed E-state index contributed by atoms with van der Waals surface area (Å²) in [7, 11) is -0.803. The van der Waals surface area contributed by atoms with Gasteiger partial charge in [-0.25, -0.2) is 4.98 Å². The first-order valence-electron chi connectivity index (χ1n) is 10.5. The van der Waals surface area contributed by atoms with Gasteiger partial charge in [0.25, 0.3) is 0 Å². The minimum Gasteiger partial charge on any atom is -0.504 e. The van der Waals surface area contributed by atoms with E-state index in [2.05, 4.69) is 4.98 Å². The number of rotatable bonds is 9. The first-order valence-corrected chi connectivity index (χ1v) is 12.3. The van der Waals surface area contributed by atoms with E-state index in [4.69, 9.17) is 22.8 Å². The van der Waals surface area contributed by atoms with Crippen LogP contribution in [0.15, 0.2) is 65.5 Å². The third-order valence-corrected chi connectivity index (χ3v) is 5.65. The molecule has 36 heavy (non-hydrogen) atoms. The monoisotopic (exact) mass is 513 g/mol. The second-order valence-electron chi connectivity index (χ2n) is 7.63. The quantitative estimate of drug-likeness (QED) is 0.311. The number of aromatic hydroxyl groups is 2. The molecule has 0 saturated heterocycles. The van der Waals surface area contributed by atoms with Crippen molar-refractivity contribution in [2.75, 3.05) is 20.5 Å². The number of hydrogen-bond acceptors (Lipinski definition) is 10. The fraction of sp³-hybridized carbons (Fsp3) is 0.160. The van der Waals surface area contributed by atoms with Crippen LogP contribution in [0.2, 0.25) is 0 Å². The zero-order valence-corrected chi connectivity index (χ0v) is 20.4. The Morgan fingerprint density at radius 2 is 1.67 bits per heavy atom. The second kappa shape index (κ2) is 10.1. The molecule has 4 aromatic rings. The molecule has 11 heteroatoms. The van der Waals surface area contributed by atoms with Gasteiger partial charge < -0.3 is 33.0 Å². The molecule has 0 spiro atoms. The van der Waals surface area contributed by atoms with E-state index < -0.39 is 10.1 Å². The number of nitrogens with zero attached hydrogens (tertiary/aromatic N) is 1. The lowest BCUT2D eigenvalue weighted by atomic mass is 9.96. The summed E-state index contributed by atoms with van der Waals surface area (Å²) in [6, 6.07) is 12.6. The lowest BCUT2D eigenvalue weighted by Gasteiger charge is -2.18. The van der Waals surface area contributed by atoms with Crippen LogP contribution in [0.1, 0.15) is 5.76 Å². The number of methoxy groups -OCH3 is 2.